The van der Waals surface area contributed by atoms with E-state index < -0.39 is 0 Å². The van der Waals surface area contributed by atoms with E-state index in [1.807, 2.05) is 6.20 Å². The molecule has 0 aliphatic carbocycles. The topological polar surface area (TPSA) is 29.9 Å². The molecule has 0 saturated heterocycles. The molecule has 2 aromatic rings. The second-order valence-corrected chi connectivity index (χ2v) is 4.39. The third-order valence-electron chi connectivity index (χ3n) is 3.29. The van der Waals surface area contributed by atoms with Gasteiger partial charge in [0.15, 0.2) is 0 Å². The Morgan fingerprint density at radius 2 is 2.00 bits per heavy atom. The highest BCUT2D eigenvalue weighted by Crippen LogP contribution is 2.11. The molecular weight excluding hydrogens is 210 g/mol. The summed E-state index contributed by atoms with van der Waals surface area (Å²) >= 11 is 0. The van der Waals surface area contributed by atoms with Crippen molar-refractivity contribution in [1.82, 2.24) is 15.1 Å². The molecule has 1 aromatic heterocycles. The molecule has 1 aromatic carbocycles. The first kappa shape index (κ1) is 12.1. The minimum Gasteiger partial charge on any atom is -0.312 e. The van der Waals surface area contributed by atoms with E-state index in [2.05, 4.69) is 53.2 Å². The zero-order valence-electron chi connectivity index (χ0n) is 10.7. The van der Waals surface area contributed by atoms with Crippen molar-refractivity contribution in [2.75, 3.05) is 6.54 Å². The summed E-state index contributed by atoms with van der Waals surface area (Å²) in [6, 6.07) is 8.98. The van der Waals surface area contributed by atoms with Crippen LogP contribution in [-0.4, -0.2) is 22.4 Å². The lowest BCUT2D eigenvalue weighted by Crippen LogP contribution is -2.30. The Kier molecular flexibility index (Phi) is 4.15. The minimum absolute atomic E-state index is 0.636. The molecule has 0 radical (unpaired) electrons. The van der Waals surface area contributed by atoms with Crippen molar-refractivity contribution in [3.8, 4) is 0 Å². The van der Waals surface area contributed by atoms with Crippen LogP contribution >= 0.6 is 0 Å². The Labute approximate surface area is 103 Å². The van der Waals surface area contributed by atoms with Crippen molar-refractivity contribution in [2.45, 2.75) is 39.3 Å². The zero-order chi connectivity index (χ0) is 12.1. The average molecular weight is 231 g/mol. The fourth-order valence-corrected chi connectivity index (χ4v) is 2.16. The number of nitrogens with zero attached hydrogens (tertiary/aromatic N) is 2. The Hall–Kier alpha value is -1.35. The summed E-state index contributed by atoms with van der Waals surface area (Å²) in [6.45, 7) is 6.37. The molecule has 0 saturated carbocycles. The highest BCUT2D eigenvalue weighted by atomic mass is 15.3. The Morgan fingerprint density at radius 3 is 2.76 bits per heavy atom. The molecule has 1 heterocycles. The number of nitrogens with one attached hydrogen (secondary N) is 1. The van der Waals surface area contributed by atoms with Crippen molar-refractivity contribution in [2.24, 2.45) is 0 Å². The summed E-state index contributed by atoms with van der Waals surface area (Å²) in [5.74, 6) is 0. The summed E-state index contributed by atoms with van der Waals surface area (Å²) in [5.41, 5.74) is 1.22. The van der Waals surface area contributed by atoms with Gasteiger partial charge in [0.05, 0.1) is 18.3 Å². The van der Waals surface area contributed by atoms with E-state index in [1.54, 1.807) is 0 Å². The number of para-hydroxylation sites is 1. The smallest absolute Gasteiger partial charge is 0.0682 e. The van der Waals surface area contributed by atoms with E-state index in [4.69, 9.17) is 0 Å². The quantitative estimate of drug-likeness (QED) is 0.828. The van der Waals surface area contributed by atoms with Gasteiger partial charge in [-0.2, -0.15) is 5.10 Å². The maximum Gasteiger partial charge on any atom is 0.0682 e. The molecule has 2 rings (SSSR count). The third kappa shape index (κ3) is 2.86. The average Bonchev–Trinajstić information content (AvgIpc) is 2.78. The summed E-state index contributed by atoms with van der Waals surface area (Å²) in [5, 5.41) is 9.20. The molecular formula is C14H21N3. The molecule has 0 bridgehead atoms. The molecule has 0 aliphatic heterocycles. The van der Waals surface area contributed by atoms with Gasteiger partial charge in [-0.1, -0.05) is 32.0 Å². The fraction of sp³-hybridized carbons (Fsp3) is 0.500. The van der Waals surface area contributed by atoms with Crippen molar-refractivity contribution in [1.29, 1.82) is 0 Å². The number of hydrogen-bond acceptors (Lipinski definition) is 2. The van der Waals surface area contributed by atoms with Crippen LogP contribution < -0.4 is 5.32 Å². The van der Waals surface area contributed by atoms with Crippen LogP contribution in [0.1, 0.15) is 26.7 Å². The number of hydrogen-bond donors (Lipinski definition) is 1. The second kappa shape index (κ2) is 5.82. The van der Waals surface area contributed by atoms with Crippen LogP contribution in [0, 0.1) is 0 Å². The van der Waals surface area contributed by atoms with Gasteiger partial charge in [0.1, 0.15) is 0 Å². The van der Waals surface area contributed by atoms with Gasteiger partial charge >= 0.3 is 0 Å². The summed E-state index contributed by atoms with van der Waals surface area (Å²) in [6.07, 6.45) is 4.32. The number of benzene rings is 1. The third-order valence-corrected chi connectivity index (χ3v) is 3.29. The molecule has 92 valence electrons. The highest BCUT2D eigenvalue weighted by Gasteiger charge is 2.03. The normalized spacial score (nSPS) is 11.5. The van der Waals surface area contributed by atoms with Crippen LogP contribution in [0.4, 0.5) is 0 Å². The summed E-state index contributed by atoms with van der Waals surface area (Å²) in [4.78, 5) is 0. The molecule has 17 heavy (non-hydrogen) atoms. The molecule has 0 fully saturated rings. The minimum atomic E-state index is 0.636. The van der Waals surface area contributed by atoms with E-state index >= 15 is 0 Å². The van der Waals surface area contributed by atoms with Gasteiger partial charge < -0.3 is 5.32 Å². The molecule has 3 nitrogen and oxygen atoms in total. The van der Waals surface area contributed by atoms with Gasteiger partial charge in [0, 0.05) is 18.0 Å². The predicted molar refractivity (Wildman–Crippen MR) is 72.1 cm³/mol. The predicted octanol–water partition coefficient (Wildman–Crippen LogP) is 2.81. The Bertz CT molecular complexity index is 457. The lowest BCUT2D eigenvalue weighted by atomic mass is 10.2. The molecule has 0 amide bonds. The zero-order valence-corrected chi connectivity index (χ0v) is 10.7. The fourth-order valence-electron chi connectivity index (χ4n) is 2.16. The maximum absolute atomic E-state index is 4.42. The van der Waals surface area contributed by atoms with E-state index in [9.17, 15) is 0 Å². The molecule has 3 heteroatoms. The molecule has 0 aliphatic rings. The second-order valence-electron chi connectivity index (χ2n) is 4.39. The van der Waals surface area contributed by atoms with Gasteiger partial charge in [-0.25, -0.2) is 0 Å². The van der Waals surface area contributed by atoms with Crippen LogP contribution in [0.25, 0.3) is 10.9 Å². The van der Waals surface area contributed by atoms with Crippen molar-refractivity contribution in [3.63, 3.8) is 0 Å². The van der Waals surface area contributed by atoms with Crippen LogP contribution in [0.2, 0.25) is 0 Å². The Balaban J connectivity index is 1.95. The van der Waals surface area contributed by atoms with E-state index in [1.165, 1.54) is 23.7 Å². The van der Waals surface area contributed by atoms with E-state index in [0.29, 0.717) is 6.04 Å². The lowest BCUT2D eigenvalue weighted by molar-refractivity contribution is 0.458. The number of rotatable bonds is 6. The first-order valence-corrected chi connectivity index (χ1v) is 6.49. The largest absolute Gasteiger partial charge is 0.312 e. The van der Waals surface area contributed by atoms with Crippen LogP contribution in [0.5, 0.6) is 0 Å². The first-order valence-electron chi connectivity index (χ1n) is 6.49. The van der Waals surface area contributed by atoms with Gasteiger partial charge in [0.2, 0.25) is 0 Å². The molecule has 1 N–H and O–H groups in total. The van der Waals surface area contributed by atoms with Crippen LogP contribution in [0.3, 0.4) is 0 Å². The monoisotopic (exact) mass is 231 g/mol. The van der Waals surface area contributed by atoms with Crippen LogP contribution in [-0.2, 0) is 6.54 Å². The van der Waals surface area contributed by atoms with Gasteiger partial charge in [0.25, 0.3) is 0 Å². The SMILES string of the molecule is CCC(CC)NCCn1ncc2ccccc21. The summed E-state index contributed by atoms with van der Waals surface area (Å²) in [7, 11) is 0. The number of aromatic nitrogens is 2. The van der Waals surface area contributed by atoms with Crippen molar-refractivity contribution >= 4 is 10.9 Å². The van der Waals surface area contributed by atoms with Crippen LogP contribution in [0.15, 0.2) is 30.5 Å². The standard InChI is InChI=1S/C14H21N3/c1-3-13(4-2)15-9-10-17-14-8-6-5-7-12(14)11-16-17/h5-8,11,13,15H,3-4,9-10H2,1-2H3. The van der Waals surface area contributed by atoms with Crippen molar-refractivity contribution < 1.29 is 0 Å². The molecule has 0 atom stereocenters. The molecule has 0 spiro atoms. The maximum atomic E-state index is 4.42. The van der Waals surface area contributed by atoms with Crippen molar-refractivity contribution in [3.05, 3.63) is 30.5 Å². The highest BCUT2D eigenvalue weighted by molar-refractivity contribution is 5.78. The Morgan fingerprint density at radius 1 is 1.24 bits per heavy atom. The number of fused-ring (bicyclic) bond motifs is 1. The summed E-state index contributed by atoms with van der Waals surface area (Å²) < 4.78 is 2.07. The van der Waals surface area contributed by atoms with Gasteiger partial charge in [-0.05, 0) is 18.9 Å². The van der Waals surface area contributed by atoms with Gasteiger partial charge in [-0.3, -0.25) is 4.68 Å². The van der Waals surface area contributed by atoms with E-state index in [0.717, 1.165) is 13.1 Å². The molecule has 0 unspecified atom stereocenters. The van der Waals surface area contributed by atoms with Gasteiger partial charge in [-0.15, -0.1) is 0 Å². The van der Waals surface area contributed by atoms with E-state index in [-0.39, 0.29) is 0 Å². The lowest BCUT2D eigenvalue weighted by Gasteiger charge is -2.14. The first-order chi connectivity index (χ1) is 8.35.